The molecule has 0 fully saturated rings. The zero-order valence-corrected chi connectivity index (χ0v) is 7.89. The van der Waals surface area contributed by atoms with Crippen LogP contribution in [0.25, 0.3) is 0 Å². The maximum Gasteiger partial charge on any atom is 0.101 e. The van der Waals surface area contributed by atoms with E-state index in [1.807, 2.05) is 0 Å². The molecular weight excluding hydrogens is 154 g/mol. The first kappa shape index (κ1) is 16.6. The Morgan fingerprint density at radius 3 is 1.40 bits per heavy atom. The van der Waals surface area contributed by atoms with Crippen molar-refractivity contribution in [3.63, 3.8) is 0 Å². The summed E-state index contributed by atoms with van der Waals surface area (Å²) in [6.07, 6.45) is 0. The van der Waals surface area contributed by atoms with Gasteiger partial charge in [0.05, 0.1) is 27.7 Å². The Bertz CT molecular complexity index is 54.2. The molecule has 0 spiro atoms. The zero-order valence-electron chi connectivity index (χ0n) is 7.13. The molecule has 3 nitrogen and oxygen atoms in total. The largest absolute Gasteiger partial charge is 1.00 e. The maximum absolute atomic E-state index is 8.39. The van der Waals surface area contributed by atoms with Gasteiger partial charge in [-0.3, -0.25) is 0 Å². The van der Waals surface area contributed by atoms with Gasteiger partial charge in [0, 0.05) is 7.11 Å². The van der Waals surface area contributed by atoms with Gasteiger partial charge in [-0.1, -0.05) is 0 Å². The van der Waals surface area contributed by atoms with E-state index in [-0.39, 0.29) is 19.0 Å². The molecule has 0 unspecified atom stereocenters. The summed E-state index contributed by atoms with van der Waals surface area (Å²) in [5.74, 6) is 0. The number of halogens is 1. The van der Waals surface area contributed by atoms with Crippen LogP contribution in [0.4, 0.5) is 0 Å². The van der Waals surface area contributed by atoms with Crippen molar-refractivity contribution in [2.45, 2.75) is 0 Å². The molecule has 66 valence electrons. The number of nitrogens with zero attached hydrogens (tertiary/aromatic N) is 1. The minimum absolute atomic E-state index is 0. The van der Waals surface area contributed by atoms with Gasteiger partial charge >= 0.3 is 0 Å². The Hall–Kier alpha value is 0.170. The van der Waals surface area contributed by atoms with Crippen molar-refractivity contribution in [2.75, 3.05) is 41.4 Å². The lowest BCUT2D eigenvalue weighted by atomic mass is 10.5. The summed E-state index contributed by atoms with van der Waals surface area (Å²) in [4.78, 5) is 0. The molecule has 0 atom stereocenters. The summed E-state index contributed by atoms with van der Waals surface area (Å²) in [5.41, 5.74) is 0. The van der Waals surface area contributed by atoms with Gasteiger partial charge in [-0.05, 0) is 0 Å². The lowest BCUT2D eigenvalue weighted by Gasteiger charge is -2.21. The molecule has 0 rings (SSSR count). The number of hydrogen-bond acceptors (Lipinski definition) is 2. The van der Waals surface area contributed by atoms with Crippen molar-refractivity contribution < 1.29 is 27.1 Å². The molecule has 4 heteroatoms. The highest BCUT2D eigenvalue weighted by Crippen LogP contribution is 1.84. The molecule has 0 heterocycles. The average Bonchev–Trinajstić information content (AvgIpc) is 1.69. The van der Waals surface area contributed by atoms with Crippen LogP contribution in [-0.2, 0) is 0 Å². The monoisotopic (exact) mass is 171 g/mol. The van der Waals surface area contributed by atoms with Gasteiger partial charge in [-0.2, -0.15) is 0 Å². The molecule has 0 saturated heterocycles. The first-order valence-electron chi connectivity index (χ1n) is 2.92. The second kappa shape index (κ2) is 9.17. The van der Waals surface area contributed by atoms with Crippen LogP contribution in [0.1, 0.15) is 0 Å². The van der Waals surface area contributed by atoms with Gasteiger partial charge in [0.15, 0.2) is 0 Å². The molecule has 0 bridgehead atoms. The van der Waals surface area contributed by atoms with Crippen molar-refractivity contribution in [3.05, 3.63) is 0 Å². The summed E-state index contributed by atoms with van der Waals surface area (Å²) in [6.45, 7) is 1.11. The van der Waals surface area contributed by atoms with Crippen molar-refractivity contribution in [1.29, 1.82) is 0 Å². The Balaban J connectivity index is -0.000000149. The van der Waals surface area contributed by atoms with Crippen LogP contribution in [-0.4, -0.2) is 56.1 Å². The third-order valence-electron chi connectivity index (χ3n) is 0.771. The van der Waals surface area contributed by atoms with Crippen LogP contribution in [0, 0.1) is 0 Å². The van der Waals surface area contributed by atoms with Crippen molar-refractivity contribution in [2.24, 2.45) is 0 Å². The SMILES string of the molecule is CO.C[N+](C)(C)CCO.[Cl-]. The zero-order chi connectivity index (χ0) is 7.91. The third-order valence-corrected chi connectivity index (χ3v) is 0.771. The fourth-order valence-electron chi connectivity index (χ4n) is 0.300. The fourth-order valence-corrected chi connectivity index (χ4v) is 0.300. The van der Waals surface area contributed by atoms with E-state index in [1.54, 1.807) is 0 Å². The number of likely N-dealkylation sites (N-methyl/N-ethyl adjacent to an activating group) is 1. The second-order valence-corrected chi connectivity index (χ2v) is 2.74. The smallest absolute Gasteiger partial charge is 0.101 e. The van der Waals surface area contributed by atoms with Gasteiger partial charge in [0.1, 0.15) is 6.54 Å². The summed E-state index contributed by atoms with van der Waals surface area (Å²) >= 11 is 0. The number of aliphatic hydroxyl groups is 2. The molecule has 0 aromatic carbocycles. The Kier molecular flexibility index (Phi) is 15.3. The Morgan fingerprint density at radius 1 is 1.10 bits per heavy atom. The molecule has 0 aromatic heterocycles. The molecule has 0 aliphatic carbocycles. The predicted octanol–water partition coefficient (Wildman–Crippen LogP) is -3.70. The van der Waals surface area contributed by atoms with E-state index in [1.165, 1.54) is 0 Å². The number of quaternary nitrogens is 1. The minimum Gasteiger partial charge on any atom is -1.00 e. The van der Waals surface area contributed by atoms with Crippen molar-refractivity contribution in [3.8, 4) is 0 Å². The predicted molar refractivity (Wildman–Crippen MR) is 38.1 cm³/mol. The van der Waals surface area contributed by atoms with E-state index in [4.69, 9.17) is 10.2 Å². The van der Waals surface area contributed by atoms with Crippen LogP contribution in [0.5, 0.6) is 0 Å². The first-order chi connectivity index (χ1) is 4.06. The van der Waals surface area contributed by atoms with Crippen LogP contribution < -0.4 is 12.4 Å². The van der Waals surface area contributed by atoms with E-state index < -0.39 is 0 Å². The molecule has 10 heavy (non-hydrogen) atoms. The second-order valence-electron chi connectivity index (χ2n) is 2.74. The van der Waals surface area contributed by atoms with E-state index in [0.717, 1.165) is 18.1 Å². The molecule has 0 aliphatic heterocycles. The van der Waals surface area contributed by atoms with Crippen molar-refractivity contribution >= 4 is 0 Å². The van der Waals surface area contributed by atoms with Gasteiger partial charge in [-0.25, -0.2) is 0 Å². The molecular formula is C6H18ClNO2. The topological polar surface area (TPSA) is 40.5 Å². The molecule has 0 saturated carbocycles. The summed E-state index contributed by atoms with van der Waals surface area (Å²) in [7, 11) is 7.16. The quantitative estimate of drug-likeness (QED) is 0.420. The summed E-state index contributed by atoms with van der Waals surface area (Å²) in [5, 5.41) is 15.4. The van der Waals surface area contributed by atoms with Gasteiger partial charge in [0.25, 0.3) is 0 Å². The normalized spacial score (nSPS) is 9.00. The van der Waals surface area contributed by atoms with Crippen LogP contribution >= 0.6 is 0 Å². The lowest BCUT2D eigenvalue weighted by Crippen LogP contribution is -3.00. The lowest BCUT2D eigenvalue weighted by molar-refractivity contribution is -0.870. The standard InChI is InChI=1S/C5H14NO.CH4O.ClH/c1-6(2,3)4-5-7;1-2;/h7H,4-5H2,1-3H3;2H,1H3;1H/q+1;;/p-1. The van der Waals surface area contributed by atoms with E-state index in [2.05, 4.69) is 21.1 Å². The molecule has 2 N–H and O–H groups in total. The van der Waals surface area contributed by atoms with Crippen molar-refractivity contribution in [1.82, 2.24) is 0 Å². The van der Waals surface area contributed by atoms with E-state index >= 15 is 0 Å². The number of rotatable bonds is 2. The first-order valence-corrected chi connectivity index (χ1v) is 2.92. The van der Waals surface area contributed by atoms with E-state index in [0.29, 0.717) is 0 Å². The molecule has 0 amide bonds. The van der Waals surface area contributed by atoms with Gasteiger partial charge < -0.3 is 27.1 Å². The molecule has 0 aromatic rings. The van der Waals surface area contributed by atoms with Crippen LogP contribution in [0.15, 0.2) is 0 Å². The molecule has 0 radical (unpaired) electrons. The summed E-state index contributed by atoms with van der Waals surface area (Å²) in [6, 6.07) is 0. The highest BCUT2D eigenvalue weighted by atomic mass is 35.5. The van der Waals surface area contributed by atoms with Crippen LogP contribution in [0.2, 0.25) is 0 Å². The number of aliphatic hydroxyl groups excluding tert-OH is 2. The Labute approximate surface area is 69.3 Å². The van der Waals surface area contributed by atoms with Gasteiger partial charge in [0.2, 0.25) is 0 Å². The third kappa shape index (κ3) is 24.2. The summed E-state index contributed by atoms with van der Waals surface area (Å²) < 4.78 is 0.844. The molecule has 0 aliphatic rings. The fraction of sp³-hybridized carbons (Fsp3) is 1.00. The number of hydrogen-bond donors (Lipinski definition) is 2. The van der Waals surface area contributed by atoms with E-state index in [9.17, 15) is 0 Å². The van der Waals surface area contributed by atoms with Gasteiger partial charge in [-0.15, -0.1) is 0 Å². The Morgan fingerprint density at radius 2 is 1.40 bits per heavy atom. The highest BCUT2D eigenvalue weighted by Gasteiger charge is 2.02. The minimum atomic E-state index is 0. The van der Waals surface area contributed by atoms with Crippen LogP contribution in [0.3, 0.4) is 0 Å². The maximum atomic E-state index is 8.39. The highest BCUT2D eigenvalue weighted by molar-refractivity contribution is 4.19. The average molecular weight is 172 g/mol.